The molecular weight excluding hydrogens is 354 g/mol. The van der Waals surface area contributed by atoms with E-state index in [1.807, 2.05) is 11.6 Å². The lowest BCUT2D eigenvalue weighted by Crippen LogP contribution is -2.51. The second-order valence-electron chi connectivity index (χ2n) is 6.21. The summed E-state index contributed by atoms with van der Waals surface area (Å²) >= 11 is 0. The largest absolute Gasteiger partial charge is 0.334 e. The number of aromatic nitrogens is 2. The SMILES string of the molecule is CN1C(C(=O)c2ccc3c(c2)ncn3C)C(=O)c2ccccc2S1(=O)=O. The Labute approximate surface area is 149 Å². The normalized spacial score (nSPS) is 19.5. The van der Waals surface area contributed by atoms with Crippen molar-refractivity contribution in [3.8, 4) is 0 Å². The molecule has 0 saturated heterocycles. The first-order valence-corrected chi connectivity index (χ1v) is 9.33. The second-order valence-corrected chi connectivity index (χ2v) is 8.17. The molecule has 0 bridgehead atoms. The molecule has 26 heavy (non-hydrogen) atoms. The van der Waals surface area contributed by atoms with E-state index in [0.29, 0.717) is 5.52 Å². The molecule has 2 aromatic carbocycles. The standard InChI is InChI=1S/C18H15N3O4S/c1-20-10-19-13-9-11(7-8-14(13)20)17(22)16-18(23)12-5-3-4-6-15(12)26(24,25)21(16)2/h3-10,16H,1-2H3. The van der Waals surface area contributed by atoms with Crippen LogP contribution in [0.5, 0.6) is 0 Å². The van der Waals surface area contributed by atoms with E-state index < -0.39 is 27.6 Å². The maximum absolute atomic E-state index is 13.0. The average Bonchev–Trinajstić information content (AvgIpc) is 3.01. The molecule has 1 atom stereocenters. The summed E-state index contributed by atoms with van der Waals surface area (Å²) in [5, 5.41) is 0. The molecule has 0 aliphatic carbocycles. The number of carbonyl (C=O) groups is 2. The van der Waals surface area contributed by atoms with E-state index in [1.54, 1.807) is 36.7 Å². The van der Waals surface area contributed by atoms with Crippen LogP contribution in [-0.4, -0.2) is 46.9 Å². The van der Waals surface area contributed by atoms with E-state index in [1.165, 1.54) is 19.2 Å². The van der Waals surface area contributed by atoms with Crippen molar-refractivity contribution in [3.05, 3.63) is 59.9 Å². The maximum Gasteiger partial charge on any atom is 0.244 e. The molecule has 0 spiro atoms. The minimum absolute atomic E-state index is 0.0443. The second kappa shape index (κ2) is 5.58. The Morgan fingerprint density at radius 3 is 2.62 bits per heavy atom. The summed E-state index contributed by atoms with van der Waals surface area (Å²) in [5.74, 6) is -1.09. The van der Waals surface area contributed by atoms with Gasteiger partial charge >= 0.3 is 0 Å². The van der Waals surface area contributed by atoms with E-state index in [2.05, 4.69) is 4.98 Å². The molecule has 0 fully saturated rings. The summed E-state index contributed by atoms with van der Waals surface area (Å²) in [6.07, 6.45) is 1.62. The summed E-state index contributed by atoms with van der Waals surface area (Å²) in [6.45, 7) is 0. The van der Waals surface area contributed by atoms with Crippen molar-refractivity contribution >= 4 is 32.6 Å². The van der Waals surface area contributed by atoms with Crippen LogP contribution in [0.15, 0.2) is 53.7 Å². The number of sulfonamides is 1. The molecule has 0 saturated carbocycles. The van der Waals surface area contributed by atoms with Crippen molar-refractivity contribution in [3.63, 3.8) is 0 Å². The Kier molecular flexibility index (Phi) is 3.57. The Balaban J connectivity index is 1.83. The van der Waals surface area contributed by atoms with E-state index in [0.717, 1.165) is 9.82 Å². The Hall–Kier alpha value is -2.84. The predicted molar refractivity (Wildman–Crippen MR) is 94.6 cm³/mol. The third kappa shape index (κ3) is 2.23. The number of aryl methyl sites for hydroxylation is 1. The number of rotatable bonds is 2. The van der Waals surface area contributed by atoms with Gasteiger partial charge in [-0.3, -0.25) is 9.59 Å². The highest BCUT2D eigenvalue weighted by molar-refractivity contribution is 7.89. The summed E-state index contributed by atoms with van der Waals surface area (Å²) < 4.78 is 28.1. The molecule has 0 N–H and O–H groups in total. The Morgan fingerprint density at radius 2 is 1.85 bits per heavy atom. The molecule has 1 aromatic heterocycles. The first kappa shape index (κ1) is 16.6. The third-order valence-electron chi connectivity index (χ3n) is 4.68. The quantitative estimate of drug-likeness (QED) is 0.506. The first-order chi connectivity index (χ1) is 12.3. The highest BCUT2D eigenvalue weighted by Gasteiger charge is 2.45. The molecule has 2 heterocycles. The van der Waals surface area contributed by atoms with Crippen LogP contribution in [0.25, 0.3) is 11.0 Å². The molecule has 0 radical (unpaired) electrons. The van der Waals surface area contributed by atoms with Crippen LogP contribution in [0.3, 0.4) is 0 Å². The van der Waals surface area contributed by atoms with Gasteiger partial charge in [0.15, 0.2) is 17.6 Å². The third-order valence-corrected chi connectivity index (χ3v) is 6.56. The summed E-state index contributed by atoms with van der Waals surface area (Å²) in [5.41, 5.74) is 1.73. The molecule has 1 unspecified atom stereocenters. The monoisotopic (exact) mass is 369 g/mol. The van der Waals surface area contributed by atoms with Gasteiger partial charge in [0.05, 0.1) is 22.3 Å². The fraction of sp³-hybridized carbons (Fsp3) is 0.167. The van der Waals surface area contributed by atoms with E-state index in [-0.39, 0.29) is 16.0 Å². The predicted octanol–water partition coefficient (Wildman–Crippen LogP) is 1.64. The minimum atomic E-state index is -3.92. The van der Waals surface area contributed by atoms with E-state index >= 15 is 0 Å². The Morgan fingerprint density at radius 1 is 1.12 bits per heavy atom. The molecule has 1 aliphatic heterocycles. The number of fused-ring (bicyclic) bond motifs is 2. The molecule has 4 rings (SSSR count). The minimum Gasteiger partial charge on any atom is -0.334 e. The van der Waals surface area contributed by atoms with Gasteiger partial charge in [-0.25, -0.2) is 13.4 Å². The fourth-order valence-corrected chi connectivity index (χ4v) is 4.71. The van der Waals surface area contributed by atoms with Crippen molar-refractivity contribution < 1.29 is 18.0 Å². The number of hydrogen-bond acceptors (Lipinski definition) is 5. The highest BCUT2D eigenvalue weighted by atomic mass is 32.2. The summed E-state index contributed by atoms with van der Waals surface area (Å²) in [6, 6.07) is 9.41. The van der Waals surface area contributed by atoms with Crippen LogP contribution in [0, 0.1) is 0 Å². The zero-order valence-electron chi connectivity index (χ0n) is 14.1. The lowest BCUT2D eigenvalue weighted by Gasteiger charge is -2.31. The van der Waals surface area contributed by atoms with Crippen LogP contribution in [0.4, 0.5) is 0 Å². The van der Waals surface area contributed by atoms with Crippen LogP contribution in [0.2, 0.25) is 0 Å². The topological polar surface area (TPSA) is 89.3 Å². The lowest BCUT2D eigenvalue weighted by atomic mass is 9.96. The number of Topliss-reactive ketones (excluding diaryl/α,β-unsaturated/α-hetero) is 2. The number of hydrogen-bond donors (Lipinski definition) is 0. The zero-order chi connectivity index (χ0) is 18.6. The molecule has 3 aromatic rings. The summed E-state index contributed by atoms with van der Waals surface area (Å²) in [4.78, 5) is 30.0. The van der Waals surface area contributed by atoms with Crippen molar-refractivity contribution in [2.45, 2.75) is 10.9 Å². The van der Waals surface area contributed by atoms with Crippen LogP contribution in [0.1, 0.15) is 20.7 Å². The number of carbonyl (C=O) groups excluding carboxylic acids is 2. The smallest absolute Gasteiger partial charge is 0.244 e. The van der Waals surface area contributed by atoms with Crippen molar-refractivity contribution in [1.82, 2.24) is 13.9 Å². The average molecular weight is 369 g/mol. The Bertz CT molecular complexity index is 1180. The van der Waals surface area contributed by atoms with Gasteiger partial charge in [0.1, 0.15) is 0 Å². The van der Waals surface area contributed by atoms with Gasteiger partial charge in [-0.05, 0) is 30.3 Å². The molecule has 132 valence electrons. The maximum atomic E-state index is 13.0. The molecule has 8 heteroatoms. The molecule has 0 amide bonds. The molecular formula is C18H15N3O4S. The van der Waals surface area contributed by atoms with E-state index in [9.17, 15) is 18.0 Å². The van der Waals surface area contributed by atoms with Gasteiger partial charge in [0, 0.05) is 25.2 Å². The van der Waals surface area contributed by atoms with Crippen LogP contribution < -0.4 is 0 Å². The first-order valence-electron chi connectivity index (χ1n) is 7.89. The van der Waals surface area contributed by atoms with Gasteiger partial charge < -0.3 is 4.57 Å². The van der Waals surface area contributed by atoms with Crippen molar-refractivity contribution in [2.75, 3.05) is 7.05 Å². The van der Waals surface area contributed by atoms with Gasteiger partial charge in [-0.15, -0.1) is 0 Å². The van der Waals surface area contributed by atoms with Gasteiger partial charge in [-0.2, -0.15) is 4.31 Å². The van der Waals surface area contributed by atoms with Gasteiger partial charge in [0.2, 0.25) is 10.0 Å². The van der Waals surface area contributed by atoms with Gasteiger partial charge in [0.25, 0.3) is 0 Å². The van der Waals surface area contributed by atoms with Crippen LogP contribution in [-0.2, 0) is 17.1 Å². The zero-order valence-corrected chi connectivity index (χ0v) is 14.9. The number of benzene rings is 2. The molecule has 1 aliphatic rings. The molecule has 7 nitrogen and oxygen atoms in total. The van der Waals surface area contributed by atoms with Gasteiger partial charge in [-0.1, -0.05) is 12.1 Å². The fourth-order valence-electron chi connectivity index (χ4n) is 3.23. The summed E-state index contributed by atoms with van der Waals surface area (Å²) in [7, 11) is -0.835. The van der Waals surface area contributed by atoms with Crippen LogP contribution >= 0.6 is 0 Å². The van der Waals surface area contributed by atoms with Crippen molar-refractivity contribution in [2.24, 2.45) is 7.05 Å². The lowest BCUT2D eigenvalue weighted by molar-refractivity contribution is 0.0784. The number of likely N-dealkylation sites (N-methyl/N-ethyl adjacent to an activating group) is 1. The number of nitrogens with zero attached hydrogens (tertiary/aromatic N) is 3. The highest BCUT2D eigenvalue weighted by Crippen LogP contribution is 2.30. The number of ketones is 2. The van der Waals surface area contributed by atoms with Crippen molar-refractivity contribution in [1.29, 1.82) is 0 Å². The number of imidazole rings is 1. The van der Waals surface area contributed by atoms with E-state index in [4.69, 9.17) is 0 Å².